The molecule has 3 fully saturated rings. The van der Waals surface area contributed by atoms with Crippen molar-refractivity contribution in [2.75, 3.05) is 32.8 Å². The van der Waals surface area contributed by atoms with E-state index in [9.17, 15) is 14.4 Å². The van der Waals surface area contributed by atoms with Crippen molar-refractivity contribution in [2.45, 2.75) is 58.9 Å². The molecule has 1 atom stereocenters. The summed E-state index contributed by atoms with van der Waals surface area (Å²) in [6, 6.07) is 6.09. The molecule has 1 spiro atoms. The zero-order valence-electron chi connectivity index (χ0n) is 19.5. The molecule has 1 aromatic rings. The number of nitrogens with one attached hydrogen (secondary N) is 1. The molecule has 2 heterocycles. The second-order valence-electron chi connectivity index (χ2n) is 9.70. The highest BCUT2D eigenvalue weighted by atomic mass is 16.6. The van der Waals surface area contributed by atoms with Crippen molar-refractivity contribution in [2.24, 2.45) is 11.3 Å². The van der Waals surface area contributed by atoms with Gasteiger partial charge in [-0.3, -0.25) is 9.59 Å². The predicted molar refractivity (Wildman–Crippen MR) is 121 cm³/mol. The van der Waals surface area contributed by atoms with Crippen LogP contribution in [0.5, 0.6) is 0 Å². The van der Waals surface area contributed by atoms with Gasteiger partial charge in [0.25, 0.3) is 5.91 Å². The zero-order chi connectivity index (χ0) is 22.9. The van der Waals surface area contributed by atoms with Gasteiger partial charge in [0.2, 0.25) is 5.91 Å². The molecule has 2 saturated heterocycles. The SMILES string of the molecule is CCOC(=O)N1CCC(NC(=O)C2CC23CCN(C(=O)c2ccc(C)cc2C)CC3)CC1. The third-order valence-corrected chi connectivity index (χ3v) is 7.53. The summed E-state index contributed by atoms with van der Waals surface area (Å²) in [5.74, 6) is 0.310. The molecule has 1 unspecified atom stereocenters. The van der Waals surface area contributed by atoms with Crippen molar-refractivity contribution in [3.05, 3.63) is 34.9 Å². The van der Waals surface area contributed by atoms with Gasteiger partial charge < -0.3 is 19.9 Å². The van der Waals surface area contributed by atoms with Gasteiger partial charge in [-0.25, -0.2) is 4.79 Å². The molecule has 7 heteroatoms. The van der Waals surface area contributed by atoms with Gasteiger partial charge in [-0.05, 0) is 69.9 Å². The average Bonchev–Trinajstić information content (AvgIpc) is 3.48. The molecule has 1 aromatic carbocycles. The van der Waals surface area contributed by atoms with Crippen LogP contribution in [0.4, 0.5) is 4.79 Å². The highest BCUT2D eigenvalue weighted by molar-refractivity contribution is 5.95. The zero-order valence-corrected chi connectivity index (χ0v) is 19.5. The van der Waals surface area contributed by atoms with E-state index < -0.39 is 0 Å². The average molecular weight is 442 g/mol. The smallest absolute Gasteiger partial charge is 0.409 e. The molecule has 0 radical (unpaired) electrons. The summed E-state index contributed by atoms with van der Waals surface area (Å²) < 4.78 is 5.06. The van der Waals surface area contributed by atoms with Crippen LogP contribution in [-0.2, 0) is 9.53 Å². The third-order valence-electron chi connectivity index (χ3n) is 7.53. The highest BCUT2D eigenvalue weighted by Gasteiger charge is 2.58. The number of nitrogens with zero attached hydrogens (tertiary/aromatic N) is 2. The van der Waals surface area contributed by atoms with Crippen LogP contribution in [0.25, 0.3) is 0 Å². The Kier molecular flexibility index (Phi) is 6.45. The molecular formula is C25H35N3O4. The first-order valence-electron chi connectivity index (χ1n) is 11.9. The maximum absolute atomic E-state index is 13.0. The van der Waals surface area contributed by atoms with Crippen molar-refractivity contribution in [3.8, 4) is 0 Å². The molecule has 174 valence electrons. The monoisotopic (exact) mass is 441 g/mol. The van der Waals surface area contributed by atoms with Crippen LogP contribution in [0.1, 0.15) is 60.5 Å². The van der Waals surface area contributed by atoms with Gasteiger partial charge in [0.05, 0.1) is 6.61 Å². The number of carbonyl (C=O) groups excluding carboxylic acids is 3. The standard InChI is InChI=1S/C25H35N3O4/c1-4-32-24(31)28-11-7-19(8-12-28)26-22(29)21-16-25(21)9-13-27(14-10-25)23(30)20-6-5-17(2)15-18(20)3/h5-6,15,19,21H,4,7-14,16H2,1-3H3,(H,26,29). The molecule has 0 bridgehead atoms. The Bertz CT molecular complexity index is 883. The number of benzene rings is 1. The van der Waals surface area contributed by atoms with E-state index in [1.165, 1.54) is 0 Å². The summed E-state index contributed by atoms with van der Waals surface area (Å²) in [5.41, 5.74) is 3.03. The predicted octanol–water partition coefficient (Wildman–Crippen LogP) is 3.28. The summed E-state index contributed by atoms with van der Waals surface area (Å²) in [7, 11) is 0. The fraction of sp³-hybridized carbons (Fsp3) is 0.640. The molecule has 1 saturated carbocycles. The van der Waals surface area contributed by atoms with Gasteiger partial charge >= 0.3 is 6.09 Å². The maximum atomic E-state index is 13.0. The Morgan fingerprint density at radius 1 is 1.06 bits per heavy atom. The van der Waals surface area contributed by atoms with Crippen molar-refractivity contribution >= 4 is 17.9 Å². The summed E-state index contributed by atoms with van der Waals surface area (Å²) in [6.45, 7) is 8.89. The van der Waals surface area contributed by atoms with Crippen LogP contribution in [-0.4, -0.2) is 66.5 Å². The Hall–Kier alpha value is -2.57. The van der Waals surface area contributed by atoms with Gasteiger partial charge in [-0.1, -0.05) is 17.7 Å². The maximum Gasteiger partial charge on any atom is 0.409 e. The topological polar surface area (TPSA) is 79.0 Å². The number of piperidine rings is 2. The van der Waals surface area contributed by atoms with Gasteiger partial charge in [-0.2, -0.15) is 0 Å². The number of rotatable bonds is 4. The summed E-state index contributed by atoms with van der Waals surface area (Å²) in [5, 5.41) is 3.22. The quantitative estimate of drug-likeness (QED) is 0.778. The molecule has 4 rings (SSSR count). The van der Waals surface area contributed by atoms with Crippen molar-refractivity contribution in [1.82, 2.24) is 15.1 Å². The molecule has 32 heavy (non-hydrogen) atoms. The minimum Gasteiger partial charge on any atom is -0.450 e. The Morgan fingerprint density at radius 2 is 1.75 bits per heavy atom. The second kappa shape index (κ2) is 9.12. The molecule has 7 nitrogen and oxygen atoms in total. The fourth-order valence-electron chi connectivity index (χ4n) is 5.37. The van der Waals surface area contributed by atoms with Crippen LogP contribution >= 0.6 is 0 Å². The lowest BCUT2D eigenvalue weighted by Crippen LogP contribution is -2.47. The fourth-order valence-corrected chi connectivity index (χ4v) is 5.37. The van der Waals surface area contributed by atoms with Gasteiger partial charge in [0.15, 0.2) is 0 Å². The first kappa shape index (κ1) is 22.6. The van der Waals surface area contributed by atoms with Crippen molar-refractivity contribution < 1.29 is 19.1 Å². The largest absolute Gasteiger partial charge is 0.450 e. The number of carbonyl (C=O) groups is 3. The van der Waals surface area contributed by atoms with Crippen LogP contribution in [0.3, 0.4) is 0 Å². The summed E-state index contributed by atoms with van der Waals surface area (Å²) in [4.78, 5) is 41.3. The summed E-state index contributed by atoms with van der Waals surface area (Å²) in [6.07, 6.45) is 3.98. The van der Waals surface area contributed by atoms with Crippen LogP contribution < -0.4 is 5.32 Å². The first-order chi connectivity index (χ1) is 15.3. The molecule has 3 amide bonds. The van der Waals surface area contributed by atoms with Crippen molar-refractivity contribution in [3.63, 3.8) is 0 Å². The van der Waals surface area contributed by atoms with Gasteiger partial charge in [0, 0.05) is 43.7 Å². The Morgan fingerprint density at radius 3 is 2.38 bits per heavy atom. The Balaban J connectivity index is 1.24. The second-order valence-corrected chi connectivity index (χ2v) is 9.70. The minimum atomic E-state index is -0.263. The molecule has 3 aliphatic rings. The molecular weight excluding hydrogens is 406 g/mol. The number of aryl methyl sites for hydroxylation is 2. The number of likely N-dealkylation sites (tertiary alicyclic amines) is 2. The molecule has 1 N–H and O–H groups in total. The number of ether oxygens (including phenoxy) is 1. The lowest BCUT2D eigenvalue weighted by molar-refractivity contribution is -0.124. The first-order valence-corrected chi connectivity index (χ1v) is 11.9. The number of amides is 3. The summed E-state index contributed by atoms with van der Waals surface area (Å²) >= 11 is 0. The van der Waals surface area contributed by atoms with Gasteiger partial charge in [0.1, 0.15) is 0 Å². The van der Waals surface area contributed by atoms with Crippen LogP contribution in [0.15, 0.2) is 18.2 Å². The Labute approximate surface area is 190 Å². The molecule has 2 aliphatic heterocycles. The minimum absolute atomic E-state index is 0.0592. The van der Waals surface area contributed by atoms with E-state index >= 15 is 0 Å². The van der Waals surface area contributed by atoms with Crippen LogP contribution in [0, 0.1) is 25.2 Å². The van der Waals surface area contributed by atoms with E-state index in [0.29, 0.717) is 32.8 Å². The third kappa shape index (κ3) is 4.62. The number of hydrogen-bond acceptors (Lipinski definition) is 4. The molecule has 1 aliphatic carbocycles. The number of hydrogen-bond donors (Lipinski definition) is 1. The van der Waals surface area contributed by atoms with E-state index in [1.807, 2.05) is 30.9 Å². The lowest BCUT2D eigenvalue weighted by Gasteiger charge is -2.34. The van der Waals surface area contributed by atoms with Crippen molar-refractivity contribution in [1.29, 1.82) is 0 Å². The lowest BCUT2D eigenvalue weighted by atomic mass is 9.90. The van der Waals surface area contributed by atoms with Gasteiger partial charge in [-0.15, -0.1) is 0 Å². The van der Waals surface area contributed by atoms with E-state index in [0.717, 1.165) is 48.8 Å². The molecule has 0 aromatic heterocycles. The van der Waals surface area contributed by atoms with E-state index in [-0.39, 0.29) is 35.3 Å². The van der Waals surface area contributed by atoms with E-state index in [1.54, 1.807) is 11.8 Å². The highest BCUT2D eigenvalue weighted by Crippen LogP contribution is 2.59. The van der Waals surface area contributed by atoms with E-state index in [2.05, 4.69) is 11.4 Å². The van der Waals surface area contributed by atoms with Crippen LogP contribution in [0.2, 0.25) is 0 Å². The normalized spacial score (nSPS) is 22.5. The van der Waals surface area contributed by atoms with E-state index in [4.69, 9.17) is 4.74 Å².